The molecule has 0 saturated carbocycles. The fraction of sp³-hybridized carbons (Fsp3) is 0.286. The molecule has 380 valence electrons. The second-order valence-corrected chi connectivity index (χ2v) is 18.5. The van der Waals surface area contributed by atoms with Crippen molar-refractivity contribution in [1.29, 1.82) is 10.5 Å². The van der Waals surface area contributed by atoms with Crippen LogP contribution in [0.5, 0.6) is 11.5 Å². The third-order valence-electron chi connectivity index (χ3n) is 10.8. The minimum absolute atomic E-state index is 0.00846. The van der Waals surface area contributed by atoms with Crippen LogP contribution in [-0.2, 0) is 55.6 Å². The number of carbonyl (C=O) groups excluding carboxylic acids is 2. The first-order valence-corrected chi connectivity index (χ1v) is 23.0. The first-order valence-electron chi connectivity index (χ1n) is 23.0. The molecule has 0 atom stereocenters. The summed E-state index contributed by atoms with van der Waals surface area (Å²) in [5.41, 5.74) is 4.98. The van der Waals surface area contributed by atoms with Crippen LogP contribution >= 0.6 is 0 Å². The van der Waals surface area contributed by atoms with Gasteiger partial charge in [-0.1, -0.05) is 48.5 Å². The molecule has 0 spiro atoms. The molecule has 3 N–H and O–H groups in total. The van der Waals surface area contributed by atoms with Crippen LogP contribution in [0, 0.1) is 47.9 Å². The van der Waals surface area contributed by atoms with E-state index in [-0.39, 0.29) is 49.2 Å². The molecule has 18 heteroatoms. The molecule has 2 aromatic heterocycles. The highest BCUT2D eigenvalue weighted by Gasteiger charge is 2.29. The Balaban J connectivity index is 0.000000274. The zero-order chi connectivity index (χ0) is 54.2. The molecule has 0 aliphatic heterocycles. The number of pyridine rings is 2. The number of nitriles is 2. The maximum absolute atomic E-state index is 13.2. The smallest absolute Gasteiger partial charge is 0.415 e. The summed E-state index contributed by atoms with van der Waals surface area (Å²) in [6.45, 7) is 25.1. The lowest BCUT2D eigenvalue weighted by Gasteiger charge is -2.28. The van der Waals surface area contributed by atoms with E-state index in [2.05, 4.69) is 20.7 Å². The van der Waals surface area contributed by atoms with Crippen molar-refractivity contribution in [2.75, 3.05) is 9.80 Å². The van der Waals surface area contributed by atoms with E-state index >= 15 is 0 Å². The second kappa shape index (κ2) is 25.4. The number of aliphatic hydroxyl groups excluding tert-OH is 3. The predicted octanol–water partition coefficient (Wildman–Crippen LogP) is 10.1. The SMILES string of the molecule is [C-]#[N+]c1ccc(COc2c(CO)c(CN(C(=O)OC(C)(C)C)c3ccc(C#N)cc3)c[n+]([O-])c2C)cc1.[C-]#[N+]c1ccc(COc2c(CO)ncc(CN(C(=O)OC(C)(C)C)c3ccc(C#N)cc3)c2CO)cc1. The second-order valence-electron chi connectivity index (χ2n) is 18.5. The molecular weight excluding hydrogens is 945 g/mol. The van der Waals surface area contributed by atoms with E-state index in [9.17, 15) is 30.1 Å². The van der Waals surface area contributed by atoms with E-state index in [0.717, 1.165) is 11.1 Å². The Kier molecular flexibility index (Phi) is 19.2. The number of aliphatic hydroxyl groups is 3. The van der Waals surface area contributed by atoms with Gasteiger partial charge in [0.1, 0.15) is 35.9 Å². The number of hydrogen-bond donors (Lipinski definition) is 3. The number of rotatable bonds is 15. The van der Waals surface area contributed by atoms with Crippen LogP contribution in [0.4, 0.5) is 32.3 Å². The van der Waals surface area contributed by atoms with Crippen molar-refractivity contribution in [2.45, 2.75) is 106 Å². The van der Waals surface area contributed by atoms with Crippen molar-refractivity contribution in [3.8, 4) is 23.6 Å². The fourth-order valence-corrected chi connectivity index (χ4v) is 7.06. The molecule has 0 fully saturated rings. The van der Waals surface area contributed by atoms with Crippen molar-refractivity contribution in [3.63, 3.8) is 0 Å². The number of anilines is 2. The molecule has 2 heterocycles. The van der Waals surface area contributed by atoms with Gasteiger partial charge < -0.3 is 39.5 Å². The van der Waals surface area contributed by atoms with Gasteiger partial charge in [-0.2, -0.15) is 15.3 Å². The number of amides is 2. The molecular formula is C56H56N8O10. The van der Waals surface area contributed by atoms with E-state index in [0.29, 0.717) is 60.9 Å². The van der Waals surface area contributed by atoms with Crippen LogP contribution in [0.2, 0.25) is 0 Å². The van der Waals surface area contributed by atoms with Crippen molar-refractivity contribution >= 4 is 34.9 Å². The molecule has 6 aromatic rings. The molecule has 2 amide bonds. The first-order chi connectivity index (χ1) is 35.2. The van der Waals surface area contributed by atoms with Gasteiger partial charge in [0, 0.05) is 41.2 Å². The largest absolute Gasteiger partial charge is 0.618 e. The van der Waals surface area contributed by atoms with Crippen LogP contribution in [0.1, 0.15) is 97.4 Å². The predicted molar refractivity (Wildman–Crippen MR) is 273 cm³/mol. The lowest BCUT2D eigenvalue weighted by atomic mass is 10.1. The van der Waals surface area contributed by atoms with E-state index in [1.807, 2.05) is 6.07 Å². The van der Waals surface area contributed by atoms with E-state index in [1.54, 1.807) is 146 Å². The average molecular weight is 1000 g/mol. The highest BCUT2D eigenvalue weighted by Crippen LogP contribution is 2.32. The van der Waals surface area contributed by atoms with Crippen molar-refractivity contribution in [2.24, 2.45) is 0 Å². The first kappa shape index (κ1) is 55.9. The Bertz CT molecular complexity index is 3090. The number of nitrogens with zero attached hydrogens (tertiary/aromatic N) is 8. The van der Waals surface area contributed by atoms with Crippen molar-refractivity contribution in [3.05, 3.63) is 193 Å². The van der Waals surface area contributed by atoms with Gasteiger partial charge >= 0.3 is 12.2 Å². The zero-order valence-corrected chi connectivity index (χ0v) is 42.1. The van der Waals surface area contributed by atoms with E-state index < -0.39 is 43.2 Å². The summed E-state index contributed by atoms with van der Waals surface area (Å²) in [7, 11) is 0. The number of aromatic nitrogens is 2. The van der Waals surface area contributed by atoms with E-state index in [1.165, 1.54) is 22.2 Å². The molecule has 0 unspecified atom stereocenters. The normalized spacial score (nSPS) is 10.8. The maximum atomic E-state index is 13.2. The third-order valence-corrected chi connectivity index (χ3v) is 10.8. The summed E-state index contributed by atoms with van der Waals surface area (Å²) >= 11 is 0. The number of carbonyl (C=O) groups is 2. The highest BCUT2D eigenvalue weighted by molar-refractivity contribution is 5.88. The number of ether oxygens (including phenoxy) is 4. The summed E-state index contributed by atoms with van der Waals surface area (Å²) in [6, 6.07) is 30.7. The van der Waals surface area contributed by atoms with Gasteiger partial charge in [-0.25, -0.2) is 19.3 Å². The van der Waals surface area contributed by atoms with Crippen LogP contribution in [0.3, 0.4) is 0 Å². The van der Waals surface area contributed by atoms with E-state index in [4.69, 9.17) is 42.6 Å². The monoisotopic (exact) mass is 1000 g/mol. The quantitative estimate of drug-likeness (QED) is 0.0494. The van der Waals surface area contributed by atoms with Gasteiger partial charge in [0.15, 0.2) is 23.3 Å². The molecule has 0 aliphatic carbocycles. The molecule has 6 rings (SSSR count). The topological polar surface area (TPSA) is 234 Å². The minimum atomic E-state index is -0.773. The molecule has 0 saturated heterocycles. The van der Waals surface area contributed by atoms with Crippen LogP contribution in [-0.4, -0.2) is 43.7 Å². The Labute approximate surface area is 430 Å². The van der Waals surface area contributed by atoms with Crippen LogP contribution < -0.4 is 24.0 Å². The molecule has 0 bridgehead atoms. The minimum Gasteiger partial charge on any atom is -0.618 e. The van der Waals surface area contributed by atoms with Crippen LogP contribution in [0.25, 0.3) is 9.69 Å². The van der Waals surface area contributed by atoms with Gasteiger partial charge in [-0.05, 0) is 107 Å². The Morgan fingerprint density at radius 2 is 1.05 bits per heavy atom. The van der Waals surface area contributed by atoms with Gasteiger partial charge in [-0.15, -0.1) is 0 Å². The number of benzene rings is 4. The molecule has 4 aromatic carbocycles. The fourth-order valence-electron chi connectivity index (χ4n) is 7.06. The molecule has 0 radical (unpaired) electrons. The summed E-state index contributed by atoms with van der Waals surface area (Å²) in [6.07, 6.45) is 1.52. The highest BCUT2D eigenvalue weighted by atomic mass is 16.6. The lowest BCUT2D eigenvalue weighted by Crippen LogP contribution is -2.38. The standard InChI is InChI=1S/2C28H28N4O5/c1-19-26(36-18-21-6-10-23(30-5)11-7-21)25(17-33)22(16-32(19)35)15-31(27(34)37-28(2,3)4)24-12-8-20(14-29)9-13-24;1-28(2,3)37-27(35)32(23-11-7-19(13-29)8-12-23)15-21-14-31-25(17-34)26(24(21)16-33)36-18-20-5-9-22(30-4)10-6-20/h6-13,16,33H,15,17-18H2,1-4H3;5-12,14,33-34H,15-18H2,1-3H3. The van der Waals surface area contributed by atoms with Gasteiger partial charge in [0.25, 0.3) is 0 Å². The van der Waals surface area contributed by atoms with Crippen LogP contribution in [0.15, 0.2) is 109 Å². The lowest BCUT2D eigenvalue weighted by molar-refractivity contribution is -0.613. The maximum Gasteiger partial charge on any atom is 0.415 e. The molecule has 74 heavy (non-hydrogen) atoms. The van der Waals surface area contributed by atoms with Crippen molar-refractivity contribution < 1.29 is 48.6 Å². The van der Waals surface area contributed by atoms with Gasteiger partial charge in [-0.3, -0.25) is 14.8 Å². The molecule has 18 nitrogen and oxygen atoms in total. The summed E-state index contributed by atoms with van der Waals surface area (Å²) < 4.78 is 23.8. The zero-order valence-electron chi connectivity index (χ0n) is 42.1. The third kappa shape index (κ3) is 15.2. The Morgan fingerprint density at radius 1 is 0.649 bits per heavy atom. The van der Waals surface area contributed by atoms with Gasteiger partial charge in [0.2, 0.25) is 5.69 Å². The average Bonchev–Trinajstić information content (AvgIpc) is 3.38. The van der Waals surface area contributed by atoms with Crippen molar-refractivity contribution in [1.82, 2.24) is 4.98 Å². The number of hydrogen-bond acceptors (Lipinski definition) is 13. The summed E-state index contributed by atoms with van der Waals surface area (Å²) in [5, 5.41) is 61.4. The summed E-state index contributed by atoms with van der Waals surface area (Å²) in [5.74, 6) is 0.439. The summed E-state index contributed by atoms with van der Waals surface area (Å²) in [4.78, 5) is 40.1. The Hall–Kier alpha value is -9.04. The van der Waals surface area contributed by atoms with Gasteiger partial charge in [0.05, 0.1) is 69.3 Å². The Morgan fingerprint density at radius 3 is 1.43 bits per heavy atom. The molecule has 0 aliphatic rings.